The van der Waals surface area contributed by atoms with Crippen LogP contribution in [-0.4, -0.2) is 17.1 Å². The van der Waals surface area contributed by atoms with Gasteiger partial charge in [0.25, 0.3) is 0 Å². The van der Waals surface area contributed by atoms with Crippen molar-refractivity contribution in [2.75, 3.05) is 12.4 Å². The molecule has 0 unspecified atom stereocenters. The molecule has 1 aromatic carbocycles. The van der Waals surface area contributed by atoms with E-state index in [1.807, 2.05) is 0 Å². The molecule has 1 N–H and O–H groups in total. The van der Waals surface area contributed by atoms with Crippen molar-refractivity contribution in [1.82, 2.24) is 9.97 Å². The maximum absolute atomic E-state index is 13.1. The Morgan fingerprint density at radius 1 is 1.15 bits per heavy atom. The van der Waals surface area contributed by atoms with Crippen LogP contribution in [0, 0.1) is 5.82 Å². The van der Waals surface area contributed by atoms with Crippen LogP contribution in [-0.2, 0) is 11.3 Å². The number of rotatable bonds is 4. The highest BCUT2D eigenvalue weighted by Crippen LogP contribution is 2.33. The number of benzene rings is 1. The summed E-state index contributed by atoms with van der Waals surface area (Å²) < 4.78 is 18.1. The first-order valence-electron chi connectivity index (χ1n) is 5.43. The highest BCUT2D eigenvalue weighted by molar-refractivity contribution is 6.39. The van der Waals surface area contributed by atoms with Gasteiger partial charge < -0.3 is 10.1 Å². The SMILES string of the molecule is COCc1nc(Cl)cc(Nc2c(Cl)cc(F)cc2Cl)n1. The van der Waals surface area contributed by atoms with E-state index in [2.05, 4.69) is 15.3 Å². The van der Waals surface area contributed by atoms with Crippen molar-refractivity contribution in [2.24, 2.45) is 0 Å². The van der Waals surface area contributed by atoms with Gasteiger partial charge in [-0.1, -0.05) is 34.8 Å². The van der Waals surface area contributed by atoms with Crippen molar-refractivity contribution in [3.05, 3.63) is 45.0 Å². The molecule has 1 heterocycles. The molecular formula is C12H9Cl3FN3O. The molecule has 106 valence electrons. The van der Waals surface area contributed by atoms with Crippen LogP contribution in [0.4, 0.5) is 15.9 Å². The molecule has 2 aromatic rings. The lowest BCUT2D eigenvalue weighted by molar-refractivity contribution is 0.178. The van der Waals surface area contributed by atoms with Gasteiger partial charge in [0.1, 0.15) is 23.4 Å². The first kappa shape index (κ1) is 15.3. The molecule has 0 spiro atoms. The standard InChI is InChI=1S/C12H9Cl3FN3O/c1-20-5-11-17-9(15)4-10(18-11)19-12-7(13)2-6(16)3-8(12)14/h2-4H,5H2,1H3,(H,17,18,19). The Morgan fingerprint density at radius 2 is 1.80 bits per heavy atom. The van der Waals surface area contributed by atoms with Crippen molar-refractivity contribution in [1.29, 1.82) is 0 Å². The van der Waals surface area contributed by atoms with E-state index < -0.39 is 5.82 Å². The lowest BCUT2D eigenvalue weighted by atomic mass is 10.3. The maximum atomic E-state index is 13.1. The molecule has 0 bridgehead atoms. The third-order valence-corrected chi connectivity index (χ3v) is 3.06. The normalized spacial score (nSPS) is 10.7. The summed E-state index contributed by atoms with van der Waals surface area (Å²) in [6.45, 7) is 0.208. The summed E-state index contributed by atoms with van der Waals surface area (Å²) >= 11 is 17.8. The van der Waals surface area contributed by atoms with E-state index in [0.717, 1.165) is 12.1 Å². The van der Waals surface area contributed by atoms with Gasteiger partial charge >= 0.3 is 0 Å². The molecule has 1 aromatic heterocycles. The second-order valence-electron chi connectivity index (χ2n) is 3.79. The van der Waals surface area contributed by atoms with Crippen LogP contribution < -0.4 is 5.32 Å². The average molecular weight is 337 g/mol. The van der Waals surface area contributed by atoms with Crippen LogP contribution in [0.25, 0.3) is 0 Å². The smallest absolute Gasteiger partial charge is 0.158 e. The van der Waals surface area contributed by atoms with E-state index in [1.54, 1.807) is 0 Å². The Morgan fingerprint density at radius 3 is 2.40 bits per heavy atom. The summed E-state index contributed by atoms with van der Waals surface area (Å²) in [5, 5.41) is 3.40. The van der Waals surface area contributed by atoms with Crippen LogP contribution in [0.1, 0.15) is 5.82 Å². The van der Waals surface area contributed by atoms with Crippen molar-refractivity contribution < 1.29 is 9.13 Å². The number of nitrogens with zero attached hydrogens (tertiary/aromatic N) is 2. The van der Waals surface area contributed by atoms with Gasteiger partial charge in [0, 0.05) is 13.2 Å². The molecule has 8 heteroatoms. The Labute approximate surface area is 129 Å². The summed E-state index contributed by atoms with van der Waals surface area (Å²) in [4.78, 5) is 8.17. The van der Waals surface area contributed by atoms with Crippen LogP contribution in [0.15, 0.2) is 18.2 Å². The third kappa shape index (κ3) is 3.70. The van der Waals surface area contributed by atoms with E-state index in [9.17, 15) is 4.39 Å². The lowest BCUT2D eigenvalue weighted by Crippen LogP contribution is -2.02. The second kappa shape index (κ2) is 6.54. The number of methoxy groups -OCH3 is 1. The Balaban J connectivity index is 2.35. The minimum absolute atomic E-state index is 0.137. The summed E-state index contributed by atoms with van der Waals surface area (Å²) in [5.41, 5.74) is 0.341. The van der Waals surface area contributed by atoms with Gasteiger partial charge in [0.2, 0.25) is 0 Å². The number of aromatic nitrogens is 2. The highest BCUT2D eigenvalue weighted by atomic mass is 35.5. The third-order valence-electron chi connectivity index (χ3n) is 2.27. The molecule has 0 fully saturated rings. The van der Waals surface area contributed by atoms with Gasteiger partial charge in [0.05, 0.1) is 15.7 Å². The van der Waals surface area contributed by atoms with Crippen LogP contribution in [0.5, 0.6) is 0 Å². The zero-order valence-corrected chi connectivity index (χ0v) is 12.5. The summed E-state index contributed by atoms with van der Waals surface area (Å²) in [7, 11) is 1.52. The average Bonchev–Trinajstić information content (AvgIpc) is 2.33. The highest BCUT2D eigenvalue weighted by Gasteiger charge is 2.11. The lowest BCUT2D eigenvalue weighted by Gasteiger charge is -2.11. The minimum atomic E-state index is -0.522. The zero-order chi connectivity index (χ0) is 14.7. The fourth-order valence-corrected chi connectivity index (χ4v) is 2.27. The van der Waals surface area contributed by atoms with Gasteiger partial charge in [0.15, 0.2) is 5.82 Å². The number of nitrogens with one attached hydrogen (secondary N) is 1. The van der Waals surface area contributed by atoms with Crippen molar-refractivity contribution in [3.8, 4) is 0 Å². The first-order valence-corrected chi connectivity index (χ1v) is 6.57. The van der Waals surface area contributed by atoms with E-state index in [4.69, 9.17) is 39.5 Å². The Hall–Kier alpha value is -1.14. The molecule has 0 saturated heterocycles. The van der Waals surface area contributed by atoms with E-state index in [0.29, 0.717) is 17.3 Å². The number of hydrogen-bond donors (Lipinski definition) is 1. The van der Waals surface area contributed by atoms with Crippen molar-refractivity contribution >= 4 is 46.3 Å². The van der Waals surface area contributed by atoms with Crippen LogP contribution in [0.2, 0.25) is 15.2 Å². The molecule has 20 heavy (non-hydrogen) atoms. The predicted octanol–water partition coefficient (Wildman–Crippen LogP) is 4.47. The largest absolute Gasteiger partial charge is 0.377 e. The van der Waals surface area contributed by atoms with Crippen LogP contribution in [0.3, 0.4) is 0 Å². The molecule has 0 radical (unpaired) electrons. The van der Waals surface area contributed by atoms with E-state index in [-0.39, 0.29) is 21.8 Å². The molecule has 4 nitrogen and oxygen atoms in total. The Bertz CT molecular complexity index is 616. The molecule has 0 aliphatic carbocycles. The summed E-state index contributed by atoms with van der Waals surface area (Å²) in [5.74, 6) is 0.260. The molecule has 0 aliphatic heterocycles. The summed E-state index contributed by atoms with van der Waals surface area (Å²) in [6.07, 6.45) is 0. The number of halogens is 4. The predicted molar refractivity (Wildman–Crippen MR) is 77.5 cm³/mol. The van der Waals surface area contributed by atoms with Gasteiger partial charge in [-0.25, -0.2) is 14.4 Å². The fraction of sp³-hybridized carbons (Fsp3) is 0.167. The van der Waals surface area contributed by atoms with Gasteiger partial charge in [-0.05, 0) is 12.1 Å². The number of hydrogen-bond acceptors (Lipinski definition) is 4. The van der Waals surface area contributed by atoms with Crippen LogP contribution >= 0.6 is 34.8 Å². The molecule has 0 atom stereocenters. The fourth-order valence-electron chi connectivity index (χ4n) is 1.51. The number of ether oxygens (including phenoxy) is 1. The minimum Gasteiger partial charge on any atom is -0.377 e. The van der Waals surface area contributed by atoms with Gasteiger partial charge in [-0.15, -0.1) is 0 Å². The quantitative estimate of drug-likeness (QED) is 0.837. The Kier molecular flexibility index (Phi) is 4.99. The summed E-state index contributed by atoms with van der Waals surface area (Å²) in [6, 6.07) is 3.79. The number of anilines is 2. The zero-order valence-electron chi connectivity index (χ0n) is 10.3. The molecule has 0 amide bonds. The first-order chi connectivity index (χ1) is 9.49. The van der Waals surface area contributed by atoms with Gasteiger partial charge in [-0.3, -0.25) is 0 Å². The monoisotopic (exact) mass is 335 g/mol. The van der Waals surface area contributed by atoms with E-state index in [1.165, 1.54) is 13.2 Å². The molecule has 0 saturated carbocycles. The molecular weight excluding hydrogens is 328 g/mol. The molecule has 2 rings (SSSR count). The topological polar surface area (TPSA) is 47.0 Å². The van der Waals surface area contributed by atoms with Crippen molar-refractivity contribution in [3.63, 3.8) is 0 Å². The van der Waals surface area contributed by atoms with Crippen molar-refractivity contribution in [2.45, 2.75) is 6.61 Å². The molecule has 0 aliphatic rings. The van der Waals surface area contributed by atoms with Gasteiger partial charge in [-0.2, -0.15) is 0 Å². The van der Waals surface area contributed by atoms with E-state index >= 15 is 0 Å². The second-order valence-corrected chi connectivity index (χ2v) is 5.00. The maximum Gasteiger partial charge on any atom is 0.158 e.